The molecule has 0 aromatic heterocycles. The summed E-state index contributed by atoms with van der Waals surface area (Å²) in [5.41, 5.74) is 7.57. The molecule has 0 heterocycles. The molecule has 0 saturated heterocycles. The van der Waals surface area contributed by atoms with Gasteiger partial charge in [0, 0.05) is 12.3 Å². The van der Waals surface area contributed by atoms with Crippen LogP contribution in [-0.4, -0.2) is 14.7 Å². The molecule has 3 nitrogen and oxygen atoms in total. The van der Waals surface area contributed by atoms with E-state index in [2.05, 4.69) is 15.9 Å². The van der Waals surface area contributed by atoms with Crippen LogP contribution in [0.4, 0.5) is 4.39 Å². The van der Waals surface area contributed by atoms with Crippen molar-refractivity contribution < 1.29 is 12.8 Å². The fraction of sp³-hybridized carbons (Fsp3) is 0.200. The molecule has 0 spiro atoms. The zero-order chi connectivity index (χ0) is 15.6. The van der Waals surface area contributed by atoms with Crippen LogP contribution in [0.2, 0.25) is 0 Å². The Balaban J connectivity index is 2.29. The molecule has 2 rings (SSSR count). The summed E-state index contributed by atoms with van der Waals surface area (Å²) in [5.74, 6) is -0.343. The van der Waals surface area contributed by atoms with Gasteiger partial charge in [0.1, 0.15) is 5.82 Å². The predicted octanol–water partition coefficient (Wildman–Crippen LogP) is 3.23. The zero-order valence-corrected chi connectivity index (χ0v) is 13.8. The first kappa shape index (κ1) is 16.1. The van der Waals surface area contributed by atoms with E-state index in [0.717, 1.165) is 11.8 Å². The lowest BCUT2D eigenvalue weighted by atomic mass is 10.00. The van der Waals surface area contributed by atoms with Crippen LogP contribution in [-0.2, 0) is 16.3 Å². The summed E-state index contributed by atoms with van der Waals surface area (Å²) in [6, 6.07) is 10.9. The predicted molar refractivity (Wildman–Crippen MR) is 84.3 cm³/mol. The van der Waals surface area contributed by atoms with Crippen molar-refractivity contribution in [1.29, 1.82) is 0 Å². The second-order valence-corrected chi connectivity index (χ2v) is 7.68. The van der Waals surface area contributed by atoms with E-state index >= 15 is 0 Å². The molecule has 0 aliphatic heterocycles. The molecule has 0 fully saturated rings. The SMILES string of the molecule is CS(=O)(=O)c1cccc(C(N)Cc2cccc(F)c2Br)c1. The third-order valence-corrected chi connectivity index (χ3v) is 5.18. The van der Waals surface area contributed by atoms with E-state index in [1.54, 1.807) is 30.3 Å². The van der Waals surface area contributed by atoms with Crippen molar-refractivity contribution in [2.75, 3.05) is 6.26 Å². The highest BCUT2D eigenvalue weighted by Crippen LogP contribution is 2.25. The zero-order valence-electron chi connectivity index (χ0n) is 11.4. The molecule has 2 aromatic rings. The van der Waals surface area contributed by atoms with Crippen molar-refractivity contribution in [2.45, 2.75) is 17.4 Å². The van der Waals surface area contributed by atoms with Crippen LogP contribution < -0.4 is 5.73 Å². The smallest absolute Gasteiger partial charge is 0.175 e. The number of sulfone groups is 1. The first-order valence-electron chi connectivity index (χ1n) is 6.27. The second kappa shape index (κ2) is 6.25. The number of benzene rings is 2. The molecule has 1 unspecified atom stereocenters. The Morgan fingerprint density at radius 1 is 1.24 bits per heavy atom. The maximum absolute atomic E-state index is 13.5. The van der Waals surface area contributed by atoms with E-state index in [-0.39, 0.29) is 10.7 Å². The van der Waals surface area contributed by atoms with Crippen LogP contribution >= 0.6 is 15.9 Å². The lowest BCUT2D eigenvalue weighted by Gasteiger charge is -2.14. The molecule has 1 atom stereocenters. The van der Waals surface area contributed by atoms with Gasteiger partial charge >= 0.3 is 0 Å². The molecule has 21 heavy (non-hydrogen) atoms. The molecule has 112 valence electrons. The average molecular weight is 372 g/mol. The highest BCUT2D eigenvalue weighted by molar-refractivity contribution is 9.10. The highest BCUT2D eigenvalue weighted by atomic mass is 79.9. The molecular formula is C15H15BrFNO2S. The Bertz CT molecular complexity index is 762. The molecule has 0 amide bonds. The van der Waals surface area contributed by atoms with Crippen LogP contribution in [0, 0.1) is 5.82 Å². The van der Waals surface area contributed by atoms with Gasteiger partial charge in [-0.3, -0.25) is 0 Å². The van der Waals surface area contributed by atoms with Crippen LogP contribution in [0.15, 0.2) is 51.8 Å². The Kier molecular flexibility index (Phi) is 4.81. The van der Waals surface area contributed by atoms with Crippen molar-refractivity contribution in [1.82, 2.24) is 0 Å². The Labute approximate surface area is 132 Å². The summed E-state index contributed by atoms with van der Waals surface area (Å²) in [6.07, 6.45) is 1.56. The van der Waals surface area contributed by atoms with Crippen LogP contribution in [0.25, 0.3) is 0 Å². The van der Waals surface area contributed by atoms with E-state index < -0.39 is 15.9 Å². The molecule has 0 aliphatic rings. The van der Waals surface area contributed by atoms with Gasteiger partial charge in [-0.2, -0.15) is 0 Å². The van der Waals surface area contributed by atoms with E-state index in [0.29, 0.717) is 16.5 Å². The normalized spacial score (nSPS) is 13.1. The standard InChI is InChI=1S/C15H15BrFNO2S/c1-21(19,20)12-6-2-4-10(8-12)14(18)9-11-5-3-7-13(17)15(11)16/h2-8,14H,9,18H2,1H3. The van der Waals surface area contributed by atoms with Gasteiger partial charge in [-0.1, -0.05) is 24.3 Å². The van der Waals surface area contributed by atoms with Crippen molar-refractivity contribution >= 4 is 25.8 Å². The molecular weight excluding hydrogens is 357 g/mol. The minimum atomic E-state index is -3.27. The maximum Gasteiger partial charge on any atom is 0.175 e. The van der Waals surface area contributed by atoms with E-state index in [1.165, 1.54) is 12.1 Å². The first-order chi connectivity index (χ1) is 9.79. The topological polar surface area (TPSA) is 60.2 Å². The first-order valence-corrected chi connectivity index (χ1v) is 8.96. The number of rotatable bonds is 4. The van der Waals surface area contributed by atoms with E-state index in [9.17, 15) is 12.8 Å². The molecule has 2 aromatic carbocycles. The largest absolute Gasteiger partial charge is 0.324 e. The average Bonchev–Trinajstić information content (AvgIpc) is 2.43. The quantitative estimate of drug-likeness (QED) is 0.897. The van der Waals surface area contributed by atoms with Crippen molar-refractivity contribution in [3.8, 4) is 0 Å². The van der Waals surface area contributed by atoms with Crippen LogP contribution in [0.5, 0.6) is 0 Å². The second-order valence-electron chi connectivity index (χ2n) is 4.87. The molecule has 0 saturated carbocycles. The van der Waals surface area contributed by atoms with Gasteiger partial charge in [0.2, 0.25) is 0 Å². The highest BCUT2D eigenvalue weighted by Gasteiger charge is 2.14. The number of nitrogens with two attached hydrogens (primary N) is 1. The number of halogens is 2. The van der Waals surface area contributed by atoms with Crippen molar-refractivity contribution in [3.63, 3.8) is 0 Å². The Morgan fingerprint density at radius 2 is 1.90 bits per heavy atom. The van der Waals surface area contributed by atoms with Crippen LogP contribution in [0.3, 0.4) is 0 Å². The summed E-state index contributed by atoms with van der Waals surface area (Å²) in [7, 11) is -3.27. The summed E-state index contributed by atoms with van der Waals surface area (Å²) in [4.78, 5) is 0.230. The Morgan fingerprint density at radius 3 is 2.57 bits per heavy atom. The van der Waals surface area contributed by atoms with Gasteiger partial charge in [0.15, 0.2) is 9.84 Å². The van der Waals surface area contributed by atoms with E-state index in [4.69, 9.17) is 5.73 Å². The van der Waals surface area contributed by atoms with Crippen molar-refractivity contribution in [2.24, 2.45) is 5.73 Å². The van der Waals surface area contributed by atoms with Gasteiger partial charge < -0.3 is 5.73 Å². The van der Waals surface area contributed by atoms with Gasteiger partial charge in [-0.05, 0) is 51.7 Å². The number of hydrogen-bond donors (Lipinski definition) is 1. The lowest BCUT2D eigenvalue weighted by molar-refractivity contribution is 0.601. The summed E-state index contributed by atoms with van der Waals surface area (Å²) < 4.78 is 37.0. The van der Waals surface area contributed by atoms with Crippen LogP contribution in [0.1, 0.15) is 17.2 Å². The molecule has 0 radical (unpaired) electrons. The molecule has 2 N–H and O–H groups in total. The minimum absolute atomic E-state index is 0.230. The number of hydrogen-bond acceptors (Lipinski definition) is 3. The summed E-state index contributed by atoms with van der Waals surface area (Å²) in [6.45, 7) is 0. The maximum atomic E-state index is 13.5. The van der Waals surface area contributed by atoms with Crippen molar-refractivity contribution in [3.05, 3.63) is 63.9 Å². The third kappa shape index (κ3) is 3.90. The van der Waals surface area contributed by atoms with E-state index in [1.807, 2.05) is 0 Å². The molecule has 0 bridgehead atoms. The molecule has 0 aliphatic carbocycles. The fourth-order valence-electron chi connectivity index (χ4n) is 2.04. The van der Waals surface area contributed by atoms with Gasteiger partial charge in [0.05, 0.1) is 9.37 Å². The monoisotopic (exact) mass is 371 g/mol. The van der Waals surface area contributed by atoms with Gasteiger partial charge in [0.25, 0.3) is 0 Å². The lowest BCUT2D eigenvalue weighted by Crippen LogP contribution is -2.14. The van der Waals surface area contributed by atoms with Gasteiger partial charge in [-0.25, -0.2) is 12.8 Å². The third-order valence-electron chi connectivity index (χ3n) is 3.19. The minimum Gasteiger partial charge on any atom is -0.324 e. The Hall–Kier alpha value is -1.24. The summed E-state index contributed by atoms with van der Waals surface area (Å²) in [5, 5.41) is 0. The van der Waals surface area contributed by atoms with Gasteiger partial charge in [-0.15, -0.1) is 0 Å². The fourth-order valence-corrected chi connectivity index (χ4v) is 3.14. The molecule has 6 heteroatoms. The summed E-state index contributed by atoms with van der Waals surface area (Å²) >= 11 is 3.20.